The second-order valence-electron chi connectivity index (χ2n) is 9.16. The van der Waals surface area contributed by atoms with Gasteiger partial charge in [-0.1, -0.05) is 18.2 Å². The van der Waals surface area contributed by atoms with Gasteiger partial charge in [0, 0.05) is 53.0 Å². The van der Waals surface area contributed by atoms with Crippen LogP contribution in [0.3, 0.4) is 0 Å². The van der Waals surface area contributed by atoms with Crippen molar-refractivity contribution < 1.29 is 22.7 Å². The molecule has 0 fully saturated rings. The number of fused-ring (bicyclic) bond motifs is 2. The largest absolute Gasteiger partial charge is 0.609 e. The van der Waals surface area contributed by atoms with E-state index in [1.54, 1.807) is 6.92 Å². The van der Waals surface area contributed by atoms with Crippen molar-refractivity contribution in [3.63, 3.8) is 0 Å². The molecular weight excluding hydrogens is 513 g/mol. The smallest absolute Gasteiger partial charge is 0.456 e. The van der Waals surface area contributed by atoms with Gasteiger partial charge in [-0.05, 0) is 69.6 Å². The van der Waals surface area contributed by atoms with Crippen LogP contribution >= 0.6 is 7.82 Å². The third-order valence-corrected chi connectivity index (χ3v) is 8.33. The molecule has 1 unspecified atom stereocenters. The van der Waals surface area contributed by atoms with Gasteiger partial charge in [0.1, 0.15) is 24.4 Å². The van der Waals surface area contributed by atoms with E-state index >= 15 is 0 Å². The maximum atomic E-state index is 12.8. The maximum absolute atomic E-state index is 12.8. The molecule has 0 N–H and O–H groups in total. The number of benzene rings is 3. The van der Waals surface area contributed by atoms with Crippen LogP contribution in [0, 0.1) is 0 Å². The molecule has 3 aliphatic rings. The molecule has 9 heteroatoms. The Morgan fingerprint density at radius 3 is 2.33 bits per heavy atom. The van der Waals surface area contributed by atoms with Gasteiger partial charge in [0.2, 0.25) is 5.36 Å². The Labute approximate surface area is 229 Å². The molecule has 2 heterocycles. The quantitative estimate of drug-likeness (QED) is 0.131. The Bertz CT molecular complexity index is 1620. The van der Waals surface area contributed by atoms with Crippen LogP contribution in [0.5, 0.6) is 0 Å². The molecule has 2 aromatic rings. The fourth-order valence-corrected chi connectivity index (χ4v) is 6.12. The van der Waals surface area contributed by atoms with Gasteiger partial charge < -0.3 is 13.8 Å². The third-order valence-electron chi connectivity index (χ3n) is 7.08. The van der Waals surface area contributed by atoms with Gasteiger partial charge in [0.25, 0.3) is 5.90 Å². The lowest BCUT2D eigenvalue weighted by Gasteiger charge is -2.22. The van der Waals surface area contributed by atoms with Crippen molar-refractivity contribution in [1.29, 1.82) is 0 Å². The van der Waals surface area contributed by atoms with Crippen LogP contribution < -0.4 is 14.8 Å². The molecule has 0 saturated carbocycles. The lowest BCUT2D eigenvalue weighted by Crippen LogP contribution is -2.29. The summed E-state index contributed by atoms with van der Waals surface area (Å²) in [7, 11) is -3.78. The van der Waals surface area contributed by atoms with Gasteiger partial charge in [-0.2, -0.15) is 0 Å². The zero-order chi connectivity index (χ0) is 27.6. The molecule has 1 atom stereocenters. The predicted octanol–water partition coefficient (Wildman–Crippen LogP) is 6.72. The highest BCUT2D eigenvalue weighted by molar-refractivity contribution is 7.49. The van der Waals surface area contributed by atoms with E-state index in [2.05, 4.69) is 78.7 Å². The predicted molar refractivity (Wildman–Crippen MR) is 156 cm³/mol. The highest BCUT2D eigenvalue weighted by Crippen LogP contribution is 2.55. The first-order chi connectivity index (χ1) is 18.9. The summed E-state index contributed by atoms with van der Waals surface area (Å²) in [6, 6.07) is 20.4. The molecule has 0 amide bonds. The molecule has 0 radical (unpaired) electrons. The fourth-order valence-electron chi connectivity index (χ4n) is 5.15. The van der Waals surface area contributed by atoms with Crippen molar-refractivity contribution in [2.45, 2.75) is 34.6 Å². The Hall–Kier alpha value is -3.61. The summed E-state index contributed by atoms with van der Waals surface area (Å²) < 4.78 is 37.6. The average Bonchev–Trinajstić information content (AvgIpc) is 3.34. The van der Waals surface area contributed by atoms with E-state index in [0.29, 0.717) is 5.56 Å². The van der Waals surface area contributed by atoms with Crippen LogP contribution in [0.2, 0.25) is 0 Å². The van der Waals surface area contributed by atoms with Crippen LogP contribution in [0.25, 0.3) is 33.4 Å². The highest BCUT2D eigenvalue weighted by Gasteiger charge is 2.39. The summed E-state index contributed by atoms with van der Waals surface area (Å²) in [5.74, 6) is 0.905. The number of anilines is 1. The average molecular weight is 549 g/mol. The summed E-state index contributed by atoms with van der Waals surface area (Å²) in [4.78, 5) is 2.29. The first-order valence-corrected chi connectivity index (χ1v) is 15.0. The molecule has 5 rings (SSSR count). The highest BCUT2D eigenvalue weighted by atomic mass is 31.2. The number of phosphoric acid groups is 1. The zero-order valence-electron chi connectivity index (χ0n) is 23.1. The second kappa shape index (κ2) is 11.2. The molecule has 8 nitrogen and oxygen atoms in total. The number of rotatable bonds is 9. The van der Waals surface area contributed by atoms with Gasteiger partial charge in [0.15, 0.2) is 0 Å². The number of nitrogens with zero attached hydrogens (tertiary/aromatic N) is 3. The number of hydrogen-bond donors (Lipinski definition) is 0. The van der Waals surface area contributed by atoms with Crippen LogP contribution in [-0.4, -0.2) is 38.7 Å². The molecule has 39 heavy (non-hydrogen) atoms. The van der Waals surface area contributed by atoms with Crippen molar-refractivity contribution in [3.8, 4) is 22.5 Å². The maximum Gasteiger partial charge on any atom is 0.609 e. The van der Waals surface area contributed by atoms with E-state index in [9.17, 15) is 4.57 Å². The number of oxime groups is 1. The van der Waals surface area contributed by atoms with Crippen molar-refractivity contribution >= 4 is 30.4 Å². The third kappa shape index (κ3) is 5.07. The number of hydrogen-bond acceptors (Lipinski definition) is 7. The molecule has 2 aromatic carbocycles. The zero-order valence-corrected chi connectivity index (χ0v) is 24.0. The van der Waals surface area contributed by atoms with E-state index in [1.165, 1.54) is 0 Å². The van der Waals surface area contributed by atoms with Crippen LogP contribution in [0.15, 0.2) is 70.2 Å². The monoisotopic (exact) mass is 548 g/mol. The normalized spacial score (nSPS) is 16.7. The minimum Gasteiger partial charge on any atom is -0.456 e. The van der Waals surface area contributed by atoms with Crippen LogP contribution in [0.1, 0.15) is 40.2 Å². The summed E-state index contributed by atoms with van der Waals surface area (Å²) in [6.07, 6.45) is 0. The minimum absolute atomic E-state index is 0.129. The van der Waals surface area contributed by atoms with Crippen molar-refractivity contribution in [3.05, 3.63) is 71.6 Å². The van der Waals surface area contributed by atoms with Gasteiger partial charge in [-0.15, -0.1) is 0 Å². The van der Waals surface area contributed by atoms with Gasteiger partial charge in [0.05, 0.1) is 12.7 Å². The van der Waals surface area contributed by atoms with Gasteiger partial charge >= 0.3 is 7.82 Å². The fraction of sp³-hybridized carbons (Fsp3) is 0.333. The molecule has 2 aliphatic heterocycles. The van der Waals surface area contributed by atoms with Gasteiger partial charge in [-0.3, -0.25) is 9.15 Å². The summed E-state index contributed by atoms with van der Waals surface area (Å²) >= 11 is 0. The standard InChI is InChI=1S/C30H35N3O5P/c1-6-32(7-2)21-15-17-25-27(19-21)36-28-20-22(33(8-3)9-4)16-18-26(28)29(25)23-13-11-12-14-24(23)30-31-38-39(34,37-30)35-10-5/h11-20H,6-10H2,1-5H3/q+1. The summed E-state index contributed by atoms with van der Waals surface area (Å²) in [5.41, 5.74) is 5.33. The molecule has 0 bridgehead atoms. The van der Waals surface area contributed by atoms with Crippen molar-refractivity contribution in [2.75, 3.05) is 37.7 Å². The SMILES string of the molecule is CCOP1(=O)ON=C(c2ccccc2-c2c3ccc(=[N+](CC)CC)cc-3oc3cc(N(CC)CC)ccc23)O1. The minimum atomic E-state index is -3.78. The Morgan fingerprint density at radius 1 is 0.897 bits per heavy atom. The summed E-state index contributed by atoms with van der Waals surface area (Å²) in [5, 5.41) is 6.07. The lowest BCUT2D eigenvalue weighted by molar-refractivity contribution is 0.190. The van der Waals surface area contributed by atoms with E-state index in [0.717, 1.165) is 70.6 Å². The molecule has 0 saturated heterocycles. The molecule has 1 aliphatic carbocycles. The Kier molecular flexibility index (Phi) is 7.78. The second-order valence-corrected chi connectivity index (χ2v) is 10.7. The van der Waals surface area contributed by atoms with E-state index < -0.39 is 7.82 Å². The van der Waals surface area contributed by atoms with Crippen molar-refractivity contribution in [2.24, 2.45) is 5.16 Å². The van der Waals surface area contributed by atoms with E-state index in [1.807, 2.05) is 24.3 Å². The van der Waals surface area contributed by atoms with Crippen LogP contribution in [0.4, 0.5) is 5.69 Å². The Morgan fingerprint density at radius 2 is 1.64 bits per heavy atom. The molecule has 204 valence electrons. The first kappa shape index (κ1) is 27.0. The van der Waals surface area contributed by atoms with Gasteiger partial charge in [-0.25, -0.2) is 9.14 Å². The van der Waals surface area contributed by atoms with E-state index in [4.69, 9.17) is 18.1 Å². The van der Waals surface area contributed by atoms with Crippen LogP contribution in [-0.2, 0) is 18.2 Å². The topological polar surface area (TPSA) is 76.5 Å². The number of phosphoric ester groups is 1. The van der Waals surface area contributed by atoms with E-state index in [-0.39, 0.29) is 12.5 Å². The first-order valence-electron chi connectivity index (χ1n) is 13.6. The molecular formula is C30H35N3O5P+. The summed E-state index contributed by atoms with van der Waals surface area (Å²) in [6.45, 7) is 14.1. The van der Waals surface area contributed by atoms with Crippen molar-refractivity contribution in [1.82, 2.24) is 4.58 Å². The molecule has 0 spiro atoms. The Balaban J connectivity index is 1.79. The lowest BCUT2D eigenvalue weighted by atomic mass is 9.90. The molecule has 0 aromatic heterocycles.